The zero-order valence-electron chi connectivity index (χ0n) is 14.3. The first-order valence-electron chi connectivity index (χ1n) is 8.37. The predicted octanol–water partition coefficient (Wildman–Crippen LogP) is 4.46. The lowest BCUT2D eigenvalue weighted by Crippen LogP contribution is -2.48. The monoisotopic (exact) mass is 400 g/mol. The van der Waals surface area contributed by atoms with Crippen molar-refractivity contribution in [1.29, 1.82) is 0 Å². The minimum atomic E-state index is -4.49. The lowest BCUT2D eigenvalue weighted by Gasteiger charge is -2.35. The van der Waals surface area contributed by atoms with Gasteiger partial charge in [-0.1, -0.05) is 23.7 Å². The van der Waals surface area contributed by atoms with Crippen LogP contribution in [-0.2, 0) is 12.7 Å². The third-order valence-corrected chi connectivity index (χ3v) is 4.89. The van der Waals surface area contributed by atoms with E-state index in [1.54, 1.807) is 6.07 Å². The van der Waals surface area contributed by atoms with Gasteiger partial charge in [0.1, 0.15) is 5.82 Å². The summed E-state index contributed by atoms with van der Waals surface area (Å²) in [7, 11) is 0. The van der Waals surface area contributed by atoms with Crippen LogP contribution in [0.25, 0.3) is 0 Å². The fourth-order valence-electron chi connectivity index (χ4n) is 3.03. The third kappa shape index (κ3) is 4.59. The first-order valence-corrected chi connectivity index (χ1v) is 8.75. The average Bonchev–Trinajstić information content (AvgIpc) is 2.64. The van der Waals surface area contributed by atoms with E-state index in [1.165, 1.54) is 29.2 Å². The number of nitrogens with zero attached hydrogens (tertiary/aromatic N) is 2. The maximum absolute atomic E-state index is 13.9. The first-order chi connectivity index (χ1) is 12.8. The van der Waals surface area contributed by atoms with E-state index < -0.39 is 17.6 Å². The normalized spacial score (nSPS) is 15.8. The van der Waals surface area contributed by atoms with Crippen LogP contribution in [0.15, 0.2) is 42.5 Å². The van der Waals surface area contributed by atoms with Crippen LogP contribution in [0.5, 0.6) is 0 Å². The Hall–Kier alpha value is -2.12. The molecule has 0 aromatic heterocycles. The highest BCUT2D eigenvalue weighted by atomic mass is 35.5. The summed E-state index contributed by atoms with van der Waals surface area (Å²) in [4.78, 5) is 16.0. The van der Waals surface area contributed by atoms with Crippen molar-refractivity contribution >= 4 is 17.5 Å². The molecule has 1 saturated heterocycles. The van der Waals surface area contributed by atoms with Gasteiger partial charge in [0.25, 0.3) is 5.91 Å². The molecule has 3 nitrogen and oxygen atoms in total. The summed E-state index contributed by atoms with van der Waals surface area (Å²) in [6.45, 7) is 1.98. The van der Waals surface area contributed by atoms with Crippen LogP contribution in [0.1, 0.15) is 21.5 Å². The van der Waals surface area contributed by atoms with Crippen LogP contribution < -0.4 is 0 Å². The molecule has 0 unspecified atom stereocenters. The number of amides is 1. The Bertz CT molecular complexity index is 812. The lowest BCUT2D eigenvalue weighted by molar-refractivity contribution is -0.137. The Morgan fingerprint density at radius 2 is 1.70 bits per heavy atom. The molecule has 0 atom stereocenters. The van der Waals surface area contributed by atoms with Crippen LogP contribution in [0.2, 0.25) is 5.02 Å². The minimum absolute atomic E-state index is 0.00965. The van der Waals surface area contributed by atoms with Crippen molar-refractivity contribution in [2.75, 3.05) is 26.2 Å². The van der Waals surface area contributed by atoms with Crippen LogP contribution in [0.3, 0.4) is 0 Å². The van der Waals surface area contributed by atoms with Crippen molar-refractivity contribution in [3.63, 3.8) is 0 Å². The van der Waals surface area contributed by atoms with E-state index in [0.717, 1.165) is 12.1 Å². The van der Waals surface area contributed by atoms with Crippen LogP contribution in [0, 0.1) is 5.82 Å². The molecule has 0 N–H and O–H groups in total. The highest BCUT2D eigenvalue weighted by Crippen LogP contribution is 2.30. The van der Waals surface area contributed by atoms with E-state index in [4.69, 9.17) is 11.6 Å². The number of alkyl halides is 3. The molecular weight excluding hydrogens is 384 g/mol. The molecule has 1 aliphatic heterocycles. The quantitative estimate of drug-likeness (QED) is 0.710. The smallest absolute Gasteiger partial charge is 0.336 e. The maximum Gasteiger partial charge on any atom is 0.416 e. The minimum Gasteiger partial charge on any atom is -0.336 e. The maximum atomic E-state index is 13.9. The summed E-state index contributed by atoms with van der Waals surface area (Å²) in [6.07, 6.45) is -4.49. The van der Waals surface area contributed by atoms with Crippen LogP contribution in [0.4, 0.5) is 17.6 Å². The summed E-state index contributed by atoms with van der Waals surface area (Å²) >= 11 is 6.04. The number of benzene rings is 2. The number of carbonyl (C=O) groups is 1. The van der Waals surface area contributed by atoms with Gasteiger partial charge in [-0.05, 0) is 30.3 Å². The van der Waals surface area contributed by atoms with Gasteiger partial charge >= 0.3 is 6.18 Å². The predicted molar refractivity (Wildman–Crippen MR) is 94.0 cm³/mol. The molecule has 0 radical (unpaired) electrons. The van der Waals surface area contributed by atoms with Crippen molar-refractivity contribution in [3.8, 4) is 0 Å². The SMILES string of the molecule is O=C(c1cccc(C(F)(F)F)c1)N1CCN(Cc2c(F)cccc2Cl)CC1. The molecule has 1 heterocycles. The molecule has 0 aliphatic carbocycles. The standard InChI is InChI=1S/C19H17ClF4N2O/c20-16-5-2-6-17(21)15(16)12-25-7-9-26(10-8-25)18(27)13-3-1-4-14(11-13)19(22,23)24/h1-6,11H,7-10,12H2. The van der Waals surface area contributed by atoms with Gasteiger partial charge < -0.3 is 4.90 Å². The highest BCUT2D eigenvalue weighted by molar-refractivity contribution is 6.31. The second-order valence-corrected chi connectivity index (χ2v) is 6.75. The zero-order chi connectivity index (χ0) is 19.6. The third-order valence-electron chi connectivity index (χ3n) is 4.54. The number of rotatable bonds is 3. The highest BCUT2D eigenvalue weighted by Gasteiger charge is 2.31. The number of piperazine rings is 1. The van der Waals surface area contributed by atoms with Gasteiger partial charge in [0.05, 0.1) is 5.56 Å². The molecule has 3 rings (SSSR count). The number of hydrogen-bond donors (Lipinski definition) is 0. The van der Waals surface area contributed by atoms with E-state index in [9.17, 15) is 22.4 Å². The Morgan fingerprint density at radius 1 is 1.04 bits per heavy atom. The number of halogens is 5. The van der Waals surface area contributed by atoms with Gasteiger partial charge in [0.15, 0.2) is 0 Å². The first kappa shape index (κ1) is 19.6. The topological polar surface area (TPSA) is 23.6 Å². The van der Waals surface area contributed by atoms with E-state index in [2.05, 4.69) is 0 Å². The molecule has 2 aromatic rings. The Balaban J connectivity index is 1.63. The molecule has 0 spiro atoms. The molecular formula is C19H17ClF4N2O. The Labute approximate surface area is 159 Å². The average molecular weight is 401 g/mol. The van der Waals surface area contributed by atoms with Gasteiger partial charge in [0.2, 0.25) is 0 Å². The lowest BCUT2D eigenvalue weighted by atomic mass is 10.1. The van der Waals surface area contributed by atoms with E-state index in [-0.39, 0.29) is 11.4 Å². The number of carbonyl (C=O) groups excluding carboxylic acids is 1. The molecule has 144 valence electrons. The summed E-state index contributed by atoms with van der Waals surface area (Å²) in [5, 5.41) is 0.345. The fourth-order valence-corrected chi connectivity index (χ4v) is 3.25. The van der Waals surface area contributed by atoms with Crippen LogP contribution >= 0.6 is 11.6 Å². The number of hydrogen-bond acceptors (Lipinski definition) is 2. The van der Waals surface area contributed by atoms with E-state index >= 15 is 0 Å². The van der Waals surface area contributed by atoms with Crippen molar-refractivity contribution in [2.24, 2.45) is 0 Å². The molecule has 8 heteroatoms. The summed E-state index contributed by atoms with van der Waals surface area (Å²) < 4.78 is 52.4. The molecule has 1 aliphatic rings. The molecule has 0 bridgehead atoms. The largest absolute Gasteiger partial charge is 0.416 e. The second kappa shape index (κ2) is 7.86. The van der Waals surface area contributed by atoms with Gasteiger partial charge in [-0.3, -0.25) is 9.69 Å². The molecule has 1 amide bonds. The van der Waals surface area contributed by atoms with Crippen molar-refractivity contribution in [3.05, 3.63) is 70.0 Å². The summed E-state index contributed by atoms with van der Waals surface area (Å²) in [6, 6.07) is 8.91. The van der Waals surface area contributed by atoms with E-state index in [1.807, 2.05) is 4.90 Å². The summed E-state index contributed by atoms with van der Waals surface area (Å²) in [5.41, 5.74) is -0.437. The Morgan fingerprint density at radius 3 is 2.33 bits per heavy atom. The van der Waals surface area contributed by atoms with Crippen molar-refractivity contribution in [1.82, 2.24) is 9.80 Å². The Kier molecular flexibility index (Phi) is 5.72. The van der Waals surface area contributed by atoms with Gasteiger partial charge in [0, 0.05) is 48.9 Å². The van der Waals surface area contributed by atoms with Gasteiger partial charge in [-0.25, -0.2) is 4.39 Å². The van der Waals surface area contributed by atoms with Crippen LogP contribution in [-0.4, -0.2) is 41.9 Å². The van der Waals surface area contributed by atoms with E-state index in [0.29, 0.717) is 43.3 Å². The van der Waals surface area contributed by atoms with Gasteiger partial charge in [-0.15, -0.1) is 0 Å². The van der Waals surface area contributed by atoms with Crippen molar-refractivity contribution < 1.29 is 22.4 Å². The zero-order valence-corrected chi connectivity index (χ0v) is 15.0. The molecule has 27 heavy (non-hydrogen) atoms. The van der Waals surface area contributed by atoms with Crippen molar-refractivity contribution in [2.45, 2.75) is 12.7 Å². The molecule has 2 aromatic carbocycles. The van der Waals surface area contributed by atoms with Gasteiger partial charge in [-0.2, -0.15) is 13.2 Å². The molecule has 0 saturated carbocycles. The second-order valence-electron chi connectivity index (χ2n) is 6.35. The fraction of sp³-hybridized carbons (Fsp3) is 0.316. The summed E-state index contributed by atoms with van der Waals surface area (Å²) in [5.74, 6) is -0.824. The molecule has 1 fully saturated rings.